The predicted octanol–water partition coefficient (Wildman–Crippen LogP) is 4.47. The lowest BCUT2D eigenvalue weighted by Gasteiger charge is -2.11. The van der Waals surface area contributed by atoms with Gasteiger partial charge in [-0.3, -0.25) is 0 Å². The van der Waals surface area contributed by atoms with Gasteiger partial charge in [0.1, 0.15) is 18.2 Å². The average molecular weight is 294 g/mol. The zero-order valence-electron chi connectivity index (χ0n) is 11.3. The lowest BCUT2D eigenvalue weighted by molar-refractivity contribution is 0.305. The minimum absolute atomic E-state index is 0.0433. The fourth-order valence-electron chi connectivity index (χ4n) is 1.87. The van der Waals surface area contributed by atoms with Crippen LogP contribution in [0.25, 0.3) is 0 Å². The van der Waals surface area contributed by atoms with E-state index in [1.54, 1.807) is 12.1 Å². The van der Waals surface area contributed by atoms with E-state index in [9.17, 15) is 4.39 Å². The molecule has 0 unspecified atom stereocenters. The number of ether oxygens (including phenoxy) is 1. The number of benzene rings is 2. The van der Waals surface area contributed by atoms with Gasteiger partial charge in [-0.2, -0.15) is 0 Å². The van der Waals surface area contributed by atoms with E-state index in [2.05, 4.69) is 0 Å². The molecule has 2 rings (SSSR count). The summed E-state index contributed by atoms with van der Waals surface area (Å²) in [7, 11) is 0. The quantitative estimate of drug-likeness (QED) is 0.883. The Labute approximate surface area is 123 Å². The zero-order chi connectivity index (χ0) is 14.5. The van der Waals surface area contributed by atoms with Crippen molar-refractivity contribution in [3.63, 3.8) is 0 Å². The van der Waals surface area contributed by atoms with Crippen LogP contribution in [0.5, 0.6) is 5.75 Å². The number of nitrogens with two attached hydrogens (primary N) is 1. The first-order valence-corrected chi connectivity index (χ1v) is 6.91. The summed E-state index contributed by atoms with van der Waals surface area (Å²) in [6.45, 7) is 2.27. The number of hydrogen-bond donors (Lipinski definition) is 1. The molecule has 0 bridgehead atoms. The maximum Gasteiger partial charge on any atom is 0.142 e. The molecule has 0 heterocycles. The minimum Gasteiger partial charge on any atom is -0.489 e. The van der Waals surface area contributed by atoms with Crippen LogP contribution >= 0.6 is 11.6 Å². The summed E-state index contributed by atoms with van der Waals surface area (Å²) < 4.78 is 18.9. The summed E-state index contributed by atoms with van der Waals surface area (Å²) in [5.41, 5.74) is 7.64. The summed E-state index contributed by atoms with van der Waals surface area (Å²) in [6.07, 6.45) is 0.888. The molecule has 0 fully saturated rings. The van der Waals surface area contributed by atoms with Crippen LogP contribution in [0.3, 0.4) is 0 Å². The van der Waals surface area contributed by atoms with Gasteiger partial charge in [-0.15, -0.1) is 0 Å². The fourth-order valence-corrected chi connectivity index (χ4v) is 2.05. The molecular weight excluding hydrogens is 277 g/mol. The molecule has 0 aliphatic heterocycles. The van der Waals surface area contributed by atoms with Crippen molar-refractivity contribution in [3.05, 3.63) is 64.4 Å². The van der Waals surface area contributed by atoms with Gasteiger partial charge in [-0.05, 0) is 30.2 Å². The van der Waals surface area contributed by atoms with Crippen LogP contribution in [0.2, 0.25) is 5.02 Å². The molecule has 106 valence electrons. The molecule has 0 saturated carbocycles. The number of hydrogen-bond acceptors (Lipinski definition) is 2. The summed E-state index contributed by atoms with van der Waals surface area (Å²) in [5.74, 6) is 0.273. The standard InChI is InChI=1S/C16H17ClFNO/c1-2-15(19)11-6-8-13(9-7-11)20-10-12-4-3-5-14(18)16(12)17/h3-9,15H,2,10,19H2,1H3/t15-/m1/s1. The molecular formula is C16H17ClFNO. The maximum atomic E-state index is 13.3. The maximum absolute atomic E-state index is 13.3. The van der Waals surface area contributed by atoms with Crippen LogP contribution in [-0.4, -0.2) is 0 Å². The van der Waals surface area contributed by atoms with E-state index in [1.807, 2.05) is 31.2 Å². The molecule has 4 heteroatoms. The molecule has 0 spiro atoms. The summed E-state index contributed by atoms with van der Waals surface area (Å²) in [5, 5.41) is 0.108. The largest absolute Gasteiger partial charge is 0.489 e. The molecule has 0 aromatic heterocycles. The van der Waals surface area contributed by atoms with Crippen molar-refractivity contribution in [2.75, 3.05) is 0 Å². The zero-order valence-corrected chi connectivity index (χ0v) is 12.0. The van der Waals surface area contributed by atoms with Crippen molar-refractivity contribution in [3.8, 4) is 5.75 Å². The van der Waals surface area contributed by atoms with Crippen LogP contribution in [0.1, 0.15) is 30.5 Å². The van der Waals surface area contributed by atoms with Gasteiger partial charge in [0.15, 0.2) is 0 Å². The van der Waals surface area contributed by atoms with E-state index in [-0.39, 0.29) is 17.7 Å². The van der Waals surface area contributed by atoms with E-state index in [0.717, 1.165) is 12.0 Å². The van der Waals surface area contributed by atoms with Crippen LogP contribution in [0.4, 0.5) is 4.39 Å². The minimum atomic E-state index is -0.433. The lowest BCUT2D eigenvalue weighted by atomic mass is 10.1. The Morgan fingerprint density at radius 1 is 1.20 bits per heavy atom. The molecule has 0 aliphatic rings. The molecule has 1 atom stereocenters. The fraction of sp³-hybridized carbons (Fsp3) is 0.250. The smallest absolute Gasteiger partial charge is 0.142 e. The van der Waals surface area contributed by atoms with Crippen LogP contribution < -0.4 is 10.5 Å². The van der Waals surface area contributed by atoms with Gasteiger partial charge in [-0.1, -0.05) is 42.8 Å². The summed E-state index contributed by atoms with van der Waals surface area (Å²) >= 11 is 5.87. The predicted molar refractivity (Wildman–Crippen MR) is 79.4 cm³/mol. The van der Waals surface area contributed by atoms with Gasteiger partial charge in [0, 0.05) is 11.6 Å². The molecule has 0 aliphatic carbocycles. The Morgan fingerprint density at radius 2 is 1.90 bits per heavy atom. The Kier molecular flexibility index (Phi) is 4.99. The van der Waals surface area contributed by atoms with Gasteiger partial charge in [0.25, 0.3) is 0 Å². The average Bonchev–Trinajstić information content (AvgIpc) is 2.48. The second-order valence-electron chi connectivity index (χ2n) is 4.59. The second kappa shape index (κ2) is 6.73. The van der Waals surface area contributed by atoms with Gasteiger partial charge in [-0.25, -0.2) is 4.39 Å². The first-order valence-electron chi connectivity index (χ1n) is 6.53. The first kappa shape index (κ1) is 14.8. The lowest BCUT2D eigenvalue weighted by Crippen LogP contribution is -2.08. The van der Waals surface area contributed by atoms with Crippen molar-refractivity contribution in [1.82, 2.24) is 0 Å². The molecule has 2 aromatic rings. The van der Waals surface area contributed by atoms with Crippen molar-refractivity contribution >= 4 is 11.6 Å². The van der Waals surface area contributed by atoms with Crippen molar-refractivity contribution in [2.24, 2.45) is 5.73 Å². The van der Waals surface area contributed by atoms with Gasteiger partial charge < -0.3 is 10.5 Å². The Balaban J connectivity index is 2.02. The van der Waals surface area contributed by atoms with E-state index < -0.39 is 5.82 Å². The molecule has 2 N–H and O–H groups in total. The van der Waals surface area contributed by atoms with E-state index >= 15 is 0 Å². The summed E-state index contributed by atoms with van der Waals surface area (Å²) in [6, 6.07) is 12.3. The molecule has 0 amide bonds. The Morgan fingerprint density at radius 3 is 2.55 bits per heavy atom. The molecule has 20 heavy (non-hydrogen) atoms. The second-order valence-corrected chi connectivity index (χ2v) is 4.96. The van der Waals surface area contributed by atoms with Crippen LogP contribution in [-0.2, 0) is 6.61 Å². The van der Waals surface area contributed by atoms with Crippen molar-refractivity contribution < 1.29 is 9.13 Å². The molecule has 0 saturated heterocycles. The van der Waals surface area contributed by atoms with Gasteiger partial charge in [0.05, 0.1) is 5.02 Å². The first-order chi connectivity index (χ1) is 9.61. The van der Waals surface area contributed by atoms with Gasteiger partial charge >= 0.3 is 0 Å². The number of rotatable bonds is 5. The highest BCUT2D eigenvalue weighted by atomic mass is 35.5. The SMILES string of the molecule is CC[C@@H](N)c1ccc(OCc2cccc(F)c2Cl)cc1. The third-order valence-electron chi connectivity index (χ3n) is 3.17. The number of halogens is 2. The van der Waals surface area contributed by atoms with E-state index in [4.69, 9.17) is 22.1 Å². The molecule has 2 aromatic carbocycles. The highest BCUT2D eigenvalue weighted by Gasteiger charge is 2.07. The Hall–Kier alpha value is -1.58. The third kappa shape index (κ3) is 3.50. The normalized spacial score (nSPS) is 12.2. The summed E-state index contributed by atoms with van der Waals surface area (Å²) in [4.78, 5) is 0. The third-order valence-corrected chi connectivity index (χ3v) is 3.60. The van der Waals surface area contributed by atoms with Crippen LogP contribution in [0.15, 0.2) is 42.5 Å². The van der Waals surface area contributed by atoms with E-state index in [0.29, 0.717) is 11.3 Å². The topological polar surface area (TPSA) is 35.2 Å². The monoisotopic (exact) mass is 293 g/mol. The van der Waals surface area contributed by atoms with E-state index in [1.165, 1.54) is 6.07 Å². The van der Waals surface area contributed by atoms with Crippen molar-refractivity contribution in [1.29, 1.82) is 0 Å². The van der Waals surface area contributed by atoms with Gasteiger partial charge in [0.2, 0.25) is 0 Å². The molecule has 2 nitrogen and oxygen atoms in total. The van der Waals surface area contributed by atoms with Crippen molar-refractivity contribution in [2.45, 2.75) is 26.0 Å². The van der Waals surface area contributed by atoms with Crippen LogP contribution in [0, 0.1) is 5.82 Å². The molecule has 0 radical (unpaired) electrons. The highest BCUT2D eigenvalue weighted by molar-refractivity contribution is 6.31. The highest BCUT2D eigenvalue weighted by Crippen LogP contribution is 2.23. The Bertz CT molecular complexity index is 571.